The number of carbonyl (C=O) groups is 2. The maximum absolute atomic E-state index is 12.7. The normalized spacial score (nSPS) is 15.6. The molecule has 1 aromatic heterocycles. The van der Waals surface area contributed by atoms with Gasteiger partial charge in [0, 0.05) is 17.5 Å². The van der Waals surface area contributed by atoms with E-state index in [-0.39, 0.29) is 6.42 Å². The first-order valence-corrected chi connectivity index (χ1v) is 9.77. The SMILES string of the molecule is Cc1noc(=O)c2ccc(NC(=O)C(=O)CC(C)(C)C3=C4OC=CC=C4CC3)cc12. The second-order valence-corrected chi connectivity index (χ2v) is 8.20. The molecule has 0 radical (unpaired) electrons. The number of ether oxygens (including phenoxy) is 1. The Labute approximate surface area is 173 Å². The summed E-state index contributed by atoms with van der Waals surface area (Å²) < 4.78 is 10.4. The molecule has 0 atom stereocenters. The molecule has 7 nitrogen and oxygen atoms in total. The first kappa shape index (κ1) is 19.8. The lowest BCUT2D eigenvalue weighted by Crippen LogP contribution is -2.29. The number of hydrogen-bond acceptors (Lipinski definition) is 6. The Morgan fingerprint density at radius 3 is 2.80 bits per heavy atom. The Balaban J connectivity index is 1.50. The number of aryl methyl sites for hydroxylation is 1. The van der Waals surface area contributed by atoms with E-state index in [4.69, 9.17) is 9.26 Å². The van der Waals surface area contributed by atoms with Gasteiger partial charge in [-0.05, 0) is 60.6 Å². The summed E-state index contributed by atoms with van der Waals surface area (Å²) in [5, 5.41) is 7.26. The topological polar surface area (TPSA) is 98.5 Å². The smallest absolute Gasteiger partial charge is 0.366 e. The van der Waals surface area contributed by atoms with Crippen LogP contribution >= 0.6 is 0 Å². The summed E-state index contributed by atoms with van der Waals surface area (Å²) in [6.45, 7) is 5.61. The van der Waals surface area contributed by atoms with E-state index in [9.17, 15) is 14.4 Å². The van der Waals surface area contributed by atoms with E-state index in [0.717, 1.165) is 29.7 Å². The number of hydrogen-bond donors (Lipinski definition) is 1. The predicted molar refractivity (Wildman–Crippen MR) is 112 cm³/mol. The van der Waals surface area contributed by atoms with Crippen LogP contribution in [0, 0.1) is 12.3 Å². The number of ketones is 1. The highest BCUT2D eigenvalue weighted by Crippen LogP contribution is 2.45. The molecule has 0 saturated carbocycles. The van der Waals surface area contributed by atoms with E-state index in [1.54, 1.807) is 31.4 Å². The Morgan fingerprint density at radius 2 is 2.00 bits per heavy atom. The van der Waals surface area contributed by atoms with Crippen molar-refractivity contribution >= 4 is 28.2 Å². The van der Waals surface area contributed by atoms with Crippen molar-refractivity contribution in [2.75, 3.05) is 5.32 Å². The van der Waals surface area contributed by atoms with Gasteiger partial charge in [-0.3, -0.25) is 9.59 Å². The van der Waals surface area contributed by atoms with Crippen molar-refractivity contribution in [3.8, 4) is 0 Å². The second kappa shape index (κ2) is 7.40. The summed E-state index contributed by atoms with van der Waals surface area (Å²) in [7, 11) is 0. The number of fused-ring (bicyclic) bond motifs is 2. The molecule has 1 amide bonds. The number of Topliss-reactive ketones (excluding diaryl/α,β-unsaturated/α-hetero) is 1. The van der Waals surface area contributed by atoms with Crippen LogP contribution in [0.25, 0.3) is 10.8 Å². The van der Waals surface area contributed by atoms with Gasteiger partial charge in [0.25, 0.3) is 5.91 Å². The highest BCUT2D eigenvalue weighted by Gasteiger charge is 2.36. The Hall–Kier alpha value is -3.48. The number of nitrogens with zero attached hydrogens (tertiary/aromatic N) is 1. The molecule has 0 bridgehead atoms. The molecule has 2 aliphatic rings. The summed E-state index contributed by atoms with van der Waals surface area (Å²) in [4.78, 5) is 37.0. The Bertz CT molecular complexity index is 1210. The molecule has 1 aromatic carbocycles. The first-order chi connectivity index (χ1) is 14.3. The molecule has 0 fully saturated rings. The quantitative estimate of drug-likeness (QED) is 0.755. The van der Waals surface area contributed by atoms with Crippen molar-refractivity contribution in [2.24, 2.45) is 5.41 Å². The van der Waals surface area contributed by atoms with Crippen LogP contribution in [0.2, 0.25) is 0 Å². The van der Waals surface area contributed by atoms with Crippen LogP contribution in [0.1, 0.15) is 38.8 Å². The van der Waals surface area contributed by atoms with Gasteiger partial charge in [-0.15, -0.1) is 0 Å². The second-order valence-electron chi connectivity index (χ2n) is 8.20. The van der Waals surface area contributed by atoms with Crippen molar-refractivity contribution in [3.63, 3.8) is 0 Å². The van der Waals surface area contributed by atoms with E-state index >= 15 is 0 Å². The molecule has 0 unspecified atom stereocenters. The maximum Gasteiger partial charge on any atom is 0.366 e. The highest BCUT2D eigenvalue weighted by molar-refractivity contribution is 6.40. The van der Waals surface area contributed by atoms with Gasteiger partial charge in [-0.25, -0.2) is 4.79 Å². The molecule has 0 saturated heterocycles. The molecular weight excluding hydrogens is 384 g/mol. The van der Waals surface area contributed by atoms with Gasteiger partial charge in [0.1, 0.15) is 5.76 Å². The first-order valence-electron chi connectivity index (χ1n) is 9.77. The molecule has 7 heteroatoms. The van der Waals surface area contributed by atoms with Gasteiger partial charge in [0.15, 0.2) is 0 Å². The molecular formula is C23H22N2O5. The summed E-state index contributed by atoms with van der Waals surface area (Å²) >= 11 is 0. The van der Waals surface area contributed by atoms with E-state index in [1.807, 2.05) is 26.0 Å². The van der Waals surface area contributed by atoms with E-state index in [1.165, 1.54) is 0 Å². The third kappa shape index (κ3) is 3.58. The number of rotatable bonds is 5. The number of anilines is 1. The summed E-state index contributed by atoms with van der Waals surface area (Å²) in [6.07, 6.45) is 7.26. The van der Waals surface area contributed by atoms with Gasteiger partial charge < -0.3 is 14.6 Å². The predicted octanol–water partition coefficient (Wildman–Crippen LogP) is 3.94. The molecule has 1 aliphatic carbocycles. The van der Waals surface area contributed by atoms with Crippen molar-refractivity contribution in [3.05, 3.63) is 69.6 Å². The average molecular weight is 406 g/mol. The molecule has 30 heavy (non-hydrogen) atoms. The van der Waals surface area contributed by atoms with Gasteiger partial charge in [-0.2, -0.15) is 0 Å². The number of carbonyl (C=O) groups excluding carboxylic acids is 2. The minimum absolute atomic E-state index is 0.0653. The van der Waals surface area contributed by atoms with Gasteiger partial charge in [0.05, 0.1) is 17.3 Å². The molecule has 154 valence electrons. The zero-order valence-corrected chi connectivity index (χ0v) is 17.1. The average Bonchev–Trinajstić information content (AvgIpc) is 3.16. The molecule has 4 rings (SSSR count). The van der Waals surface area contributed by atoms with Crippen molar-refractivity contribution < 1.29 is 18.8 Å². The fraction of sp³-hybridized carbons (Fsp3) is 0.304. The van der Waals surface area contributed by atoms with Crippen LogP contribution in [0.15, 0.2) is 62.8 Å². The Morgan fingerprint density at radius 1 is 1.20 bits per heavy atom. The molecule has 0 spiro atoms. The molecule has 1 aliphatic heterocycles. The highest BCUT2D eigenvalue weighted by atomic mass is 16.5. The fourth-order valence-electron chi connectivity index (χ4n) is 3.99. The number of allylic oxidation sites excluding steroid dienone is 4. The lowest BCUT2D eigenvalue weighted by molar-refractivity contribution is -0.135. The van der Waals surface area contributed by atoms with E-state index in [0.29, 0.717) is 22.2 Å². The lowest BCUT2D eigenvalue weighted by Gasteiger charge is -2.26. The molecule has 1 N–H and O–H groups in total. The Kier molecular flexibility index (Phi) is 4.89. The monoisotopic (exact) mass is 406 g/mol. The van der Waals surface area contributed by atoms with Crippen molar-refractivity contribution in [2.45, 2.75) is 40.0 Å². The summed E-state index contributed by atoms with van der Waals surface area (Å²) in [6, 6.07) is 4.73. The standard InChI is InChI=1S/C23H22N2O5/c1-13-17-11-15(7-8-16(17)22(28)30-25-13)24-21(27)19(26)12-23(2,3)18-9-6-14-5-4-10-29-20(14)18/h4-5,7-8,10-11H,6,9,12H2,1-3H3,(H,24,27). The summed E-state index contributed by atoms with van der Waals surface area (Å²) in [5.41, 5.74) is 2.07. The van der Waals surface area contributed by atoms with Crippen LogP contribution < -0.4 is 10.9 Å². The lowest BCUT2D eigenvalue weighted by atomic mass is 9.78. The molecule has 2 aromatic rings. The fourth-order valence-corrected chi connectivity index (χ4v) is 3.99. The van der Waals surface area contributed by atoms with Gasteiger partial charge >= 0.3 is 5.63 Å². The zero-order valence-electron chi connectivity index (χ0n) is 17.1. The van der Waals surface area contributed by atoms with Crippen molar-refractivity contribution in [1.29, 1.82) is 0 Å². The third-order valence-corrected chi connectivity index (χ3v) is 5.60. The van der Waals surface area contributed by atoms with Crippen LogP contribution in [0.5, 0.6) is 0 Å². The number of amides is 1. The number of benzene rings is 1. The van der Waals surface area contributed by atoms with Crippen molar-refractivity contribution in [1.82, 2.24) is 5.16 Å². The van der Waals surface area contributed by atoms with E-state index in [2.05, 4.69) is 10.5 Å². The van der Waals surface area contributed by atoms with Crippen LogP contribution in [0.3, 0.4) is 0 Å². The zero-order chi connectivity index (χ0) is 21.5. The third-order valence-electron chi connectivity index (χ3n) is 5.60. The minimum Gasteiger partial charge on any atom is -0.465 e. The number of nitrogens with one attached hydrogen (secondary N) is 1. The molecule has 2 heterocycles. The van der Waals surface area contributed by atoms with E-state index < -0.39 is 22.7 Å². The summed E-state index contributed by atoms with van der Waals surface area (Å²) in [5.74, 6) is -0.383. The van der Waals surface area contributed by atoms with Crippen LogP contribution in [-0.2, 0) is 14.3 Å². The number of aromatic nitrogens is 1. The largest absolute Gasteiger partial charge is 0.465 e. The minimum atomic E-state index is -0.695. The van der Waals surface area contributed by atoms with Gasteiger partial charge in [0.2, 0.25) is 5.78 Å². The van der Waals surface area contributed by atoms with Gasteiger partial charge in [-0.1, -0.05) is 25.1 Å². The van der Waals surface area contributed by atoms with Crippen LogP contribution in [0.4, 0.5) is 5.69 Å². The maximum atomic E-state index is 12.7. The van der Waals surface area contributed by atoms with Crippen LogP contribution in [-0.4, -0.2) is 16.8 Å².